The molecule has 0 saturated heterocycles. The Morgan fingerprint density at radius 2 is 1.95 bits per heavy atom. The third-order valence-electron chi connectivity index (χ3n) is 4.32. The number of sulfonamides is 1. The zero-order valence-corrected chi connectivity index (χ0v) is 12.8. The van der Waals surface area contributed by atoms with Gasteiger partial charge >= 0.3 is 6.18 Å². The van der Waals surface area contributed by atoms with Crippen LogP contribution in [0.4, 0.5) is 13.2 Å². The molecule has 0 unspecified atom stereocenters. The van der Waals surface area contributed by atoms with E-state index in [0.717, 1.165) is 19.3 Å². The van der Waals surface area contributed by atoms with Crippen LogP contribution in [0.1, 0.15) is 37.9 Å². The van der Waals surface area contributed by atoms with E-state index in [-0.39, 0.29) is 5.03 Å². The summed E-state index contributed by atoms with van der Waals surface area (Å²) in [7, 11) is -4.19. The van der Waals surface area contributed by atoms with Crippen LogP contribution in [0.25, 0.3) is 0 Å². The lowest BCUT2D eigenvalue weighted by atomic mass is 10.2. The first-order valence-electron chi connectivity index (χ1n) is 7.42. The minimum atomic E-state index is -4.55. The fraction of sp³-hybridized carbons (Fsp3) is 0.769. The second kappa shape index (κ2) is 5.52. The van der Waals surface area contributed by atoms with Gasteiger partial charge in [-0.15, -0.1) is 0 Å². The van der Waals surface area contributed by atoms with Gasteiger partial charge in [-0.1, -0.05) is 12.8 Å². The molecule has 2 aliphatic rings. The molecule has 124 valence electrons. The molecule has 9 heteroatoms. The van der Waals surface area contributed by atoms with Crippen LogP contribution in [0.3, 0.4) is 0 Å². The van der Waals surface area contributed by atoms with Gasteiger partial charge in [-0.3, -0.25) is 0 Å². The maximum Gasteiger partial charge on any atom is 0.402 e. The van der Waals surface area contributed by atoms with E-state index in [1.165, 1.54) is 10.8 Å². The van der Waals surface area contributed by atoms with Crippen LogP contribution in [0, 0.1) is 0 Å². The van der Waals surface area contributed by atoms with Crippen molar-refractivity contribution >= 4 is 10.0 Å². The van der Waals surface area contributed by atoms with Gasteiger partial charge in [0, 0.05) is 19.0 Å². The Labute approximate surface area is 127 Å². The molecule has 0 spiro atoms. The fourth-order valence-electron chi connectivity index (χ4n) is 3.34. The van der Waals surface area contributed by atoms with E-state index < -0.39 is 28.8 Å². The molecule has 2 heterocycles. The average molecular weight is 337 g/mol. The summed E-state index contributed by atoms with van der Waals surface area (Å²) in [6.45, 7) is -0.936. The Balaban J connectivity index is 1.97. The molecule has 1 aromatic heterocycles. The van der Waals surface area contributed by atoms with Crippen molar-refractivity contribution in [1.82, 2.24) is 13.9 Å². The van der Waals surface area contributed by atoms with Crippen molar-refractivity contribution < 1.29 is 21.6 Å². The summed E-state index contributed by atoms with van der Waals surface area (Å²) in [6.07, 6.45) is 0.572. The van der Waals surface area contributed by atoms with Gasteiger partial charge in [-0.05, 0) is 19.3 Å². The molecule has 22 heavy (non-hydrogen) atoms. The van der Waals surface area contributed by atoms with Crippen LogP contribution in [0.5, 0.6) is 0 Å². The fourth-order valence-corrected chi connectivity index (χ4v) is 5.16. The summed E-state index contributed by atoms with van der Waals surface area (Å²) in [5, 5.41) is -0.101. The first-order valence-corrected chi connectivity index (χ1v) is 8.86. The van der Waals surface area contributed by atoms with Crippen LogP contribution in [0.15, 0.2) is 11.2 Å². The molecule has 1 aliphatic carbocycles. The smallest absolute Gasteiger partial charge is 0.318 e. The summed E-state index contributed by atoms with van der Waals surface area (Å²) in [5.41, 5.74) is 0. The van der Waals surface area contributed by atoms with E-state index in [4.69, 9.17) is 0 Å². The van der Waals surface area contributed by atoms with Gasteiger partial charge < -0.3 is 4.57 Å². The van der Waals surface area contributed by atoms with E-state index in [0.29, 0.717) is 35.9 Å². The van der Waals surface area contributed by atoms with Gasteiger partial charge in [-0.2, -0.15) is 17.5 Å². The molecule has 3 rings (SSSR count). The number of rotatable bonds is 4. The number of fused-ring (bicyclic) bond motifs is 1. The molecule has 1 aliphatic heterocycles. The van der Waals surface area contributed by atoms with Crippen LogP contribution in [-0.4, -0.2) is 41.0 Å². The predicted octanol–water partition coefficient (Wildman–Crippen LogP) is 2.32. The Kier molecular flexibility index (Phi) is 3.96. The van der Waals surface area contributed by atoms with Crippen molar-refractivity contribution in [1.29, 1.82) is 0 Å². The molecule has 1 saturated carbocycles. The van der Waals surface area contributed by atoms with Crippen LogP contribution < -0.4 is 0 Å². The first-order chi connectivity index (χ1) is 10.3. The molecule has 0 aromatic carbocycles. The average Bonchev–Trinajstić information content (AvgIpc) is 3.11. The van der Waals surface area contributed by atoms with Gasteiger partial charge in [0.15, 0.2) is 5.03 Å². The second-order valence-electron chi connectivity index (χ2n) is 5.87. The lowest BCUT2D eigenvalue weighted by Gasteiger charge is -2.28. The van der Waals surface area contributed by atoms with Crippen molar-refractivity contribution in [2.75, 3.05) is 6.54 Å². The van der Waals surface area contributed by atoms with Crippen LogP contribution >= 0.6 is 0 Å². The summed E-state index contributed by atoms with van der Waals surface area (Å²) in [5.74, 6) is 0.636. The quantitative estimate of drug-likeness (QED) is 0.847. The van der Waals surface area contributed by atoms with Gasteiger partial charge in [0.05, 0.1) is 6.20 Å². The van der Waals surface area contributed by atoms with Crippen molar-refractivity contribution in [2.45, 2.75) is 62.3 Å². The normalized spacial score (nSPS) is 20.0. The topological polar surface area (TPSA) is 55.2 Å². The second-order valence-corrected chi connectivity index (χ2v) is 7.71. The van der Waals surface area contributed by atoms with E-state index in [9.17, 15) is 21.6 Å². The lowest BCUT2D eigenvalue weighted by molar-refractivity contribution is -0.139. The third-order valence-corrected chi connectivity index (χ3v) is 6.22. The van der Waals surface area contributed by atoms with Gasteiger partial charge in [0.25, 0.3) is 10.0 Å². The van der Waals surface area contributed by atoms with Crippen LogP contribution in [0.2, 0.25) is 0 Å². The highest BCUT2D eigenvalue weighted by molar-refractivity contribution is 7.89. The first kappa shape index (κ1) is 15.8. The summed E-state index contributed by atoms with van der Waals surface area (Å²) in [6, 6.07) is -0.570. The largest absolute Gasteiger partial charge is 0.402 e. The highest BCUT2D eigenvalue weighted by Gasteiger charge is 2.43. The van der Waals surface area contributed by atoms with E-state index in [1.54, 1.807) is 0 Å². The molecule has 0 radical (unpaired) electrons. The zero-order valence-electron chi connectivity index (χ0n) is 12.0. The summed E-state index contributed by atoms with van der Waals surface area (Å²) in [4.78, 5) is 4.04. The summed E-state index contributed by atoms with van der Waals surface area (Å²) >= 11 is 0. The molecule has 0 amide bonds. The standard InChI is InChI=1S/C13H18F3N3O2S/c14-13(15,16)9-19(10-4-1-2-5-10)22(20,21)12-8-17-11-6-3-7-18(11)12/h8,10H,1-7,9H2. The maximum atomic E-state index is 12.9. The number of aromatic nitrogens is 2. The van der Waals surface area contributed by atoms with Crippen LogP contribution in [-0.2, 0) is 23.0 Å². The number of hydrogen-bond acceptors (Lipinski definition) is 3. The van der Waals surface area contributed by atoms with Crippen molar-refractivity contribution in [3.8, 4) is 0 Å². The van der Waals surface area contributed by atoms with Gasteiger partial charge in [-0.25, -0.2) is 13.4 Å². The maximum absolute atomic E-state index is 12.9. The molecule has 0 atom stereocenters. The molecule has 0 bridgehead atoms. The highest BCUT2D eigenvalue weighted by atomic mass is 32.2. The zero-order chi connectivity index (χ0) is 16.0. The number of nitrogens with zero attached hydrogens (tertiary/aromatic N) is 3. The lowest BCUT2D eigenvalue weighted by Crippen LogP contribution is -2.45. The third kappa shape index (κ3) is 2.88. The van der Waals surface area contributed by atoms with E-state index >= 15 is 0 Å². The molecule has 5 nitrogen and oxygen atoms in total. The van der Waals surface area contributed by atoms with Crippen molar-refractivity contribution in [3.63, 3.8) is 0 Å². The minimum absolute atomic E-state index is 0.101. The Hall–Kier alpha value is -1.09. The van der Waals surface area contributed by atoms with E-state index in [2.05, 4.69) is 4.98 Å². The number of aryl methyl sites for hydroxylation is 1. The van der Waals surface area contributed by atoms with Crippen molar-refractivity contribution in [2.24, 2.45) is 0 Å². The van der Waals surface area contributed by atoms with Gasteiger partial charge in [0.1, 0.15) is 12.4 Å². The number of alkyl halides is 3. The Morgan fingerprint density at radius 1 is 1.27 bits per heavy atom. The van der Waals surface area contributed by atoms with E-state index in [1.807, 2.05) is 0 Å². The highest BCUT2D eigenvalue weighted by Crippen LogP contribution is 2.32. The van der Waals surface area contributed by atoms with Crippen molar-refractivity contribution in [3.05, 3.63) is 12.0 Å². The number of imidazole rings is 1. The predicted molar refractivity (Wildman–Crippen MR) is 72.8 cm³/mol. The Bertz CT molecular complexity index is 648. The molecular weight excluding hydrogens is 319 g/mol. The monoisotopic (exact) mass is 337 g/mol. The molecule has 1 fully saturated rings. The minimum Gasteiger partial charge on any atom is -0.318 e. The molecular formula is C13H18F3N3O2S. The SMILES string of the molecule is O=S(=O)(c1cnc2n1CCC2)N(CC(F)(F)F)C1CCCC1. The number of hydrogen-bond donors (Lipinski definition) is 0. The number of halogens is 3. The molecule has 0 N–H and O–H groups in total. The van der Waals surface area contributed by atoms with Gasteiger partial charge in [0.2, 0.25) is 0 Å². The molecule has 1 aromatic rings. The Morgan fingerprint density at radius 3 is 2.59 bits per heavy atom. The summed E-state index contributed by atoms with van der Waals surface area (Å²) < 4.78 is 66.4.